The van der Waals surface area contributed by atoms with Crippen LogP contribution in [0.25, 0.3) is 0 Å². The number of nitrogens with one attached hydrogen (secondary N) is 1. The highest BCUT2D eigenvalue weighted by molar-refractivity contribution is 5.97. The molecule has 9 nitrogen and oxygen atoms in total. The number of amides is 1. The van der Waals surface area contributed by atoms with Gasteiger partial charge in [0.15, 0.2) is 5.69 Å². The molecule has 23 heavy (non-hydrogen) atoms. The van der Waals surface area contributed by atoms with E-state index in [9.17, 15) is 25.0 Å². The molecular weight excluding hydrogens is 304 g/mol. The van der Waals surface area contributed by atoms with Gasteiger partial charge in [0.25, 0.3) is 17.3 Å². The molecule has 1 aromatic rings. The first-order valence-electron chi connectivity index (χ1n) is 7.31. The van der Waals surface area contributed by atoms with Gasteiger partial charge in [-0.25, -0.2) is 0 Å². The van der Waals surface area contributed by atoms with Crippen molar-refractivity contribution in [3.05, 3.63) is 37.9 Å². The van der Waals surface area contributed by atoms with Crippen molar-refractivity contribution >= 4 is 23.0 Å². The quantitative estimate of drug-likeness (QED) is 0.579. The molecule has 0 saturated heterocycles. The van der Waals surface area contributed by atoms with E-state index in [4.69, 9.17) is 0 Å². The molecule has 1 amide bonds. The molecular formula is C14H20N4O5. The molecule has 0 atom stereocenters. The van der Waals surface area contributed by atoms with E-state index in [0.717, 1.165) is 12.1 Å². The zero-order chi connectivity index (χ0) is 17.6. The zero-order valence-corrected chi connectivity index (χ0v) is 13.4. The molecule has 0 aliphatic rings. The van der Waals surface area contributed by atoms with Crippen molar-refractivity contribution < 1.29 is 14.6 Å². The number of carbonyl (C=O) groups excluding carboxylic acids is 1. The van der Waals surface area contributed by atoms with Crippen molar-refractivity contribution in [2.75, 3.05) is 25.0 Å². The minimum atomic E-state index is -0.687. The summed E-state index contributed by atoms with van der Waals surface area (Å²) in [6.45, 7) is 4.68. The Balaban J connectivity index is 3.66. The monoisotopic (exact) mass is 324 g/mol. The van der Waals surface area contributed by atoms with Gasteiger partial charge in [0.05, 0.1) is 15.4 Å². The summed E-state index contributed by atoms with van der Waals surface area (Å²) < 4.78 is 0. The third-order valence-electron chi connectivity index (χ3n) is 3.26. The predicted octanol–water partition coefficient (Wildman–Crippen LogP) is 2.49. The zero-order valence-electron chi connectivity index (χ0n) is 13.4. The molecule has 0 fully saturated rings. The Hall–Kier alpha value is -2.71. The van der Waals surface area contributed by atoms with Crippen LogP contribution >= 0.6 is 0 Å². The fraction of sp³-hybridized carbons (Fsp3) is 0.500. The number of hydrogen-bond donors (Lipinski definition) is 1. The van der Waals surface area contributed by atoms with E-state index < -0.39 is 27.1 Å². The summed E-state index contributed by atoms with van der Waals surface area (Å²) in [5.74, 6) is -0.611. The highest BCUT2D eigenvalue weighted by Gasteiger charge is 2.31. The lowest BCUT2D eigenvalue weighted by Gasteiger charge is -2.23. The SMILES string of the molecule is CCCN(CCC)c1c([N+](=O)[O-])cc(C(=O)NC)cc1[N+](=O)[O-]. The van der Waals surface area contributed by atoms with Gasteiger partial charge in [-0.1, -0.05) is 13.8 Å². The maximum absolute atomic E-state index is 11.7. The summed E-state index contributed by atoms with van der Waals surface area (Å²) in [5, 5.41) is 25.1. The van der Waals surface area contributed by atoms with E-state index in [-0.39, 0.29) is 11.3 Å². The van der Waals surface area contributed by atoms with Crippen molar-refractivity contribution in [3.63, 3.8) is 0 Å². The number of benzene rings is 1. The van der Waals surface area contributed by atoms with Gasteiger partial charge in [-0.05, 0) is 12.8 Å². The van der Waals surface area contributed by atoms with Gasteiger partial charge >= 0.3 is 0 Å². The lowest BCUT2D eigenvalue weighted by molar-refractivity contribution is -0.392. The number of nitro benzene ring substituents is 2. The summed E-state index contributed by atoms with van der Waals surface area (Å²) in [5.41, 5.74) is -1.02. The van der Waals surface area contributed by atoms with Crippen LogP contribution in [0.4, 0.5) is 17.1 Å². The molecule has 0 aliphatic heterocycles. The number of nitrogens with zero attached hydrogens (tertiary/aromatic N) is 3. The Kier molecular flexibility index (Phi) is 6.43. The molecule has 1 rings (SSSR count). The number of anilines is 1. The van der Waals surface area contributed by atoms with Crippen molar-refractivity contribution in [2.45, 2.75) is 26.7 Å². The van der Waals surface area contributed by atoms with Gasteiger partial charge in [-0.2, -0.15) is 0 Å². The molecule has 0 bridgehead atoms. The van der Waals surface area contributed by atoms with Crippen LogP contribution in [0.15, 0.2) is 12.1 Å². The van der Waals surface area contributed by atoms with E-state index >= 15 is 0 Å². The predicted molar refractivity (Wildman–Crippen MR) is 85.9 cm³/mol. The van der Waals surface area contributed by atoms with Crippen molar-refractivity contribution in [1.82, 2.24) is 5.32 Å². The maximum atomic E-state index is 11.7. The molecule has 9 heteroatoms. The first kappa shape index (κ1) is 18.3. The average Bonchev–Trinajstić information content (AvgIpc) is 2.52. The first-order valence-corrected chi connectivity index (χ1v) is 7.31. The smallest absolute Gasteiger partial charge is 0.300 e. The Bertz CT molecular complexity index is 576. The topological polar surface area (TPSA) is 119 Å². The second-order valence-corrected chi connectivity index (χ2v) is 4.94. The van der Waals surface area contributed by atoms with Gasteiger partial charge in [-0.15, -0.1) is 0 Å². The van der Waals surface area contributed by atoms with Gasteiger partial charge < -0.3 is 10.2 Å². The molecule has 1 aromatic carbocycles. The van der Waals surface area contributed by atoms with Crippen LogP contribution in [-0.2, 0) is 0 Å². The maximum Gasteiger partial charge on any atom is 0.300 e. The summed E-state index contributed by atoms with van der Waals surface area (Å²) in [7, 11) is 1.36. The first-order chi connectivity index (χ1) is 10.9. The van der Waals surface area contributed by atoms with Crippen LogP contribution in [0.2, 0.25) is 0 Å². The fourth-order valence-electron chi connectivity index (χ4n) is 2.36. The summed E-state index contributed by atoms with van der Waals surface area (Å²) >= 11 is 0. The number of nitro groups is 2. The standard InChI is InChI=1S/C14H20N4O5/c1-4-6-16(7-5-2)13-11(17(20)21)8-10(14(19)15-3)9-12(13)18(22)23/h8-9H,4-7H2,1-3H3,(H,15,19). The Labute approximate surface area is 133 Å². The summed E-state index contributed by atoms with van der Waals surface area (Å²) in [4.78, 5) is 34.8. The van der Waals surface area contributed by atoms with Crippen LogP contribution in [0.1, 0.15) is 37.0 Å². The molecule has 0 aliphatic carbocycles. The van der Waals surface area contributed by atoms with Crippen LogP contribution in [0.3, 0.4) is 0 Å². The number of hydrogen-bond acceptors (Lipinski definition) is 6. The normalized spacial score (nSPS) is 10.2. The Morgan fingerprint density at radius 2 is 1.52 bits per heavy atom. The average molecular weight is 324 g/mol. The molecule has 0 heterocycles. The van der Waals surface area contributed by atoms with Crippen LogP contribution in [0, 0.1) is 20.2 Å². The third kappa shape index (κ3) is 4.15. The largest absolute Gasteiger partial charge is 0.360 e. The second-order valence-electron chi connectivity index (χ2n) is 4.94. The van der Waals surface area contributed by atoms with Crippen molar-refractivity contribution in [1.29, 1.82) is 0 Å². The minimum Gasteiger partial charge on any atom is -0.360 e. The molecule has 0 aromatic heterocycles. The van der Waals surface area contributed by atoms with Crippen molar-refractivity contribution in [3.8, 4) is 0 Å². The number of carbonyl (C=O) groups is 1. The molecule has 0 unspecified atom stereocenters. The van der Waals surface area contributed by atoms with E-state index in [0.29, 0.717) is 25.9 Å². The van der Waals surface area contributed by atoms with E-state index in [1.54, 1.807) is 4.90 Å². The lowest BCUT2D eigenvalue weighted by atomic mass is 10.1. The number of rotatable bonds is 8. The van der Waals surface area contributed by atoms with Crippen molar-refractivity contribution in [2.24, 2.45) is 0 Å². The van der Waals surface area contributed by atoms with Gasteiger partial charge in [0, 0.05) is 32.3 Å². The summed E-state index contributed by atoms with van der Waals surface area (Å²) in [6, 6.07) is 2.17. The van der Waals surface area contributed by atoms with E-state index in [1.165, 1.54) is 7.05 Å². The molecule has 0 radical (unpaired) electrons. The molecule has 126 valence electrons. The molecule has 0 spiro atoms. The van der Waals surface area contributed by atoms with Crippen LogP contribution in [0.5, 0.6) is 0 Å². The lowest BCUT2D eigenvalue weighted by Crippen LogP contribution is -2.27. The Morgan fingerprint density at radius 3 is 1.83 bits per heavy atom. The third-order valence-corrected chi connectivity index (χ3v) is 3.26. The Morgan fingerprint density at radius 1 is 1.09 bits per heavy atom. The highest BCUT2D eigenvalue weighted by Crippen LogP contribution is 2.39. The van der Waals surface area contributed by atoms with Crippen LogP contribution < -0.4 is 10.2 Å². The van der Waals surface area contributed by atoms with Gasteiger partial charge in [0.1, 0.15) is 0 Å². The fourth-order valence-corrected chi connectivity index (χ4v) is 2.36. The minimum absolute atomic E-state index is 0.0450. The molecule has 1 N–H and O–H groups in total. The van der Waals surface area contributed by atoms with E-state index in [1.807, 2.05) is 13.8 Å². The van der Waals surface area contributed by atoms with Crippen LogP contribution in [-0.4, -0.2) is 35.9 Å². The second kappa shape index (κ2) is 8.06. The van der Waals surface area contributed by atoms with Gasteiger partial charge in [-0.3, -0.25) is 25.0 Å². The molecule has 0 saturated carbocycles. The highest BCUT2D eigenvalue weighted by atomic mass is 16.6. The summed E-state index contributed by atoms with van der Waals surface area (Å²) in [6.07, 6.45) is 1.37. The van der Waals surface area contributed by atoms with Gasteiger partial charge in [0.2, 0.25) is 0 Å². The van der Waals surface area contributed by atoms with E-state index in [2.05, 4.69) is 5.32 Å².